The fraction of sp³-hybridized carbons (Fsp3) is 0.439. The number of rotatable bonds is 12. The van der Waals surface area contributed by atoms with E-state index in [0.717, 1.165) is 55.0 Å². The molecule has 16 heteroatoms. The van der Waals surface area contributed by atoms with Crippen LogP contribution in [0.5, 0.6) is 0 Å². The van der Waals surface area contributed by atoms with E-state index in [0.29, 0.717) is 51.1 Å². The van der Waals surface area contributed by atoms with Crippen LogP contribution in [0.2, 0.25) is 0 Å². The van der Waals surface area contributed by atoms with Gasteiger partial charge in [0.1, 0.15) is 0 Å². The van der Waals surface area contributed by atoms with Gasteiger partial charge in [0, 0.05) is 68.3 Å². The predicted octanol–water partition coefficient (Wildman–Crippen LogP) is 7.77. The van der Waals surface area contributed by atoms with Crippen LogP contribution in [0, 0.1) is 0 Å². The molecule has 4 aliphatic rings. The van der Waals surface area contributed by atoms with E-state index in [-0.39, 0.29) is 24.1 Å². The second-order valence-electron chi connectivity index (χ2n) is 19.6. The lowest BCUT2D eigenvalue weighted by Crippen LogP contribution is -2.50. The molecule has 0 saturated carbocycles. The minimum atomic E-state index is -3.69. The van der Waals surface area contributed by atoms with E-state index in [1.807, 2.05) is 114 Å². The lowest BCUT2D eigenvalue weighted by molar-refractivity contribution is 0.151. The summed E-state index contributed by atoms with van der Waals surface area (Å²) in [6, 6.07) is 50.7. The van der Waals surface area contributed by atoms with E-state index in [2.05, 4.69) is 87.6 Å². The summed E-state index contributed by atoms with van der Waals surface area (Å²) in [6.07, 6.45) is 8.00. The molecule has 4 aliphatic heterocycles. The van der Waals surface area contributed by atoms with Crippen molar-refractivity contribution in [3.8, 4) is 0 Å². The maximum Gasteiger partial charge on any atom is 0.322 e. The summed E-state index contributed by atoms with van der Waals surface area (Å²) in [7, 11) is 0.658. The summed E-state index contributed by atoms with van der Waals surface area (Å²) < 4.78 is 24.3. The van der Waals surface area contributed by atoms with Gasteiger partial charge in [0.15, 0.2) is 0 Å². The number of carbonyl (C=O) groups is 2. The summed E-state index contributed by atoms with van der Waals surface area (Å²) in [5.74, 6) is 0. The number of nitrogens with two attached hydrogens (primary N) is 2. The number of nitrogens with zero attached hydrogens (tertiary/aromatic N) is 5. The molecule has 5 aromatic rings. The SMILES string of the molecule is CN1CCC(N)CC1.CN1CCC(NCc2ccccc2)CC1.NS(=O)(=O)N1CCC(N(Cc2ccccc2)C(=O)Nc2ccccc2)CC1.O=C(Nc1ccccc1)N(Cc1ccccc1)C1CCNCC1. The molecule has 4 amide bonds. The minimum absolute atomic E-state index is 0.0213. The molecule has 0 unspecified atom stereocenters. The first-order valence-electron chi connectivity index (χ1n) is 26.1. The summed E-state index contributed by atoms with van der Waals surface area (Å²) in [6.45, 7) is 9.49. The van der Waals surface area contributed by atoms with Gasteiger partial charge in [-0.3, -0.25) is 0 Å². The maximum atomic E-state index is 13.0. The van der Waals surface area contributed by atoms with Gasteiger partial charge < -0.3 is 46.6 Å². The highest BCUT2D eigenvalue weighted by Gasteiger charge is 2.32. The van der Waals surface area contributed by atoms with Gasteiger partial charge in [0.05, 0.1) is 0 Å². The van der Waals surface area contributed by atoms with E-state index in [1.165, 1.54) is 61.7 Å². The van der Waals surface area contributed by atoms with Gasteiger partial charge in [-0.2, -0.15) is 12.7 Å². The number of urea groups is 2. The van der Waals surface area contributed by atoms with Gasteiger partial charge in [-0.25, -0.2) is 14.7 Å². The normalized spacial score (nSPS) is 17.5. The van der Waals surface area contributed by atoms with Crippen molar-refractivity contribution in [1.82, 2.24) is 34.5 Å². The number of nitrogens with one attached hydrogen (secondary N) is 4. The number of hydrogen-bond acceptors (Lipinski definition) is 9. The molecule has 0 bridgehead atoms. The number of amides is 4. The average molecular weight is 1020 g/mol. The zero-order valence-corrected chi connectivity index (χ0v) is 43.9. The quantitative estimate of drug-likeness (QED) is 0.0727. The van der Waals surface area contributed by atoms with Crippen LogP contribution in [0.25, 0.3) is 0 Å². The molecule has 4 heterocycles. The molecule has 4 fully saturated rings. The number of anilines is 2. The lowest BCUT2D eigenvalue weighted by atomic mass is 10.0. The largest absolute Gasteiger partial charge is 0.328 e. The smallest absolute Gasteiger partial charge is 0.322 e. The van der Waals surface area contributed by atoms with Crippen LogP contribution in [0.1, 0.15) is 68.1 Å². The second kappa shape index (κ2) is 30.5. The number of para-hydroxylation sites is 2. The third-order valence-electron chi connectivity index (χ3n) is 13.9. The van der Waals surface area contributed by atoms with Gasteiger partial charge in [-0.15, -0.1) is 0 Å². The average Bonchev–Trinajstić information content (AvgIpc) is 3.42. The van der Waals surface area contributed by atoms with Crippen LogP contribution >= 0.6 is 0 Å². The van der Waals surface area contributed by atoms with Gasteiger partial charge in [0.2, 0.25) is 0 Å². The number of piperidine rings is 4. The monoisotopic (exact) mass is 1020 g/mol. The van der Waals surface area contributed by atoms with Crippen molar-refractivity contribution in [2.75, 3.05) is 77.1 Å². The zero-order valence-electron chi connectivity index (χ0n) is 43.1. The summed E-state index contributed by atoms with van der Waals surface area (Å²) in [5, 5.41) is 18.2. The van der Waals surface area contributed by atoms with Crippen molar-refractivity contribution in [2.45, 2.75) is 95.2 Å². The number of carbonyl (C=O) groups excluding carboxylic acids is 2. The standard InChI is InChI=1S/C19H24N4O3S.C19H23N3O.C13H20N2.C6H14N2/c20-27(25,26)22-13-11-18(12-14-22)23(15-16-7-3-1-4-8-16)19(24)21-17-9-5-2-6-10-17;23-19(21-17-9-5-2-6-10-17)22(18-11-13-20-14-12-18)15-16-7-3-1-4-8-16;1-15-9-7-13(8-10-15)14-11-12-5-3-2-4-6-12;1-8-4-2-6(7)3-5-8/h1-10,18H,11-15H2,(H,21,24)(H2,20,25,26);1-10,18,20H,11-15H2,(H,21,23);2-6,13-14H,7-11H2,1H3;6H,2-5,7H2,1H3. The van der Waals surface area contributed by atoms with Gasteiger partial charge >= 0.3 is 12.1 Å². The van der Waals surface area contributed by atoms with E-state index >= 15 is 0 Å². The molecule has 0 radical (unpaired) electrons. The topological polar surface area (TPSA) is 185 Å². The molecular weight excluding hydrogens is 935 g/mol. The Hall–Kier alpha value is -5.69. The van der Waals surface area contributed by atoms with Crippen molar-refractivity contribution in [3.63, 3.8) is 0 Å². The zero-order chi connectivity index (χ0) is 51.7. The first kappa shape index (κ1) is 56.6. The molecule has 394 valence electrons. The van der Waals surface area contributed by atoms with E-state index in [1.54, 1.807) is 4.90 Å². The van der Waals surface area contributed by atoms with Gasteiger partial charge in [-0.05, 0) is 146 Å². The van der Waals surface area contributed by atoms with Crippen molar-refractivity contribution in [1.29, 1.82) is 0 Å². The van der Waals surface area contributed by atoms with Crippen LogP contribution in [-0.4, -0.2) is 135 Å². The maximum absolute atomic E-state index is 13.0. The molecule has 4 saturated heterocycles. The summed E-state index contributed by atoms with van der Waals surface area (Å²) >= 11 is 0. The fourth-order valence-corrected chi connectivity index (χ4v) is 10.1. The predicted molar refractivity (Wildman–Crippen MR) is 297 cm³/mol. The lowest BCUT2D eigenvalue weighted by Gasteiger charge is -2.37. The Bertz CT molecular complexity index is 2390. The summed E-state index contributed by atoms with van der Waals surface area (Å²) in [5.41, 5.74) is 10.8. The van der Waals surface area contributed by atoms with Crippen molar-refractivity contribution in [3.05, 3.63) is 168 Å². The molecule has 0 atom stereocenters. The van der Waals surface area contributed by atoms with Crippen molar-refractivity contribution >= 4 is 33.6 Å². The second-order valence-corrected chi connectivity index (χ2v) is 21.1. The fourth-order valence-electron chi connectivity index (χ4n) is 9.35. The molecular formula is C57H81N11O4S. The molecule has 8 N–H and O–H groups in total. The van der Waals surface area contributed by atoms with Gasteiger partial charge in [-0.1, -0.05) is 127 Å². The van der Waals surface area contributed by atoms with Crippen LogP contribution in [0.15, 0.2) is 152 Å². The molecule has 5 aromatic carbocycles. The molecule has 0 aromatic heterocycles. The van der Waals surface area contributed by atoms with Crippen LogP contribution in [-0.2, 0) is 29.8 Å². The Balaban J connectivity index is 0.000000170. The highest BCUT2D eigenvalue weighted by molar-refractivity contribution is 7.86. The number of hydrogen-bond donors (Lipinski definition) is 6. The summed E-state index contributed by atoms with van der Waals surface area (Å²) in [4.78, 5) is 34.2. The Morgan fingerprint density at radius 1 is 0.534 bits per heavy atom. The highest BCUT2D eigenvalue weighted by atomic mass is 32.2. The number of benzene rings is 5. The molecule has 15 nitrogen and oxygen atoms in total. The van der Waals surface area contributed by atoms with E-state index in [4.69, 9.17) is 10.9 Å². The Morgan fingerprint density at radius 2 is 0.904 bits per heavy atom. The first-order chi connectivity index (χ1) is 35.4. The van der Waals surface area contributed by atoms with Gasteiger partial charge in [0.25, 0.3) is 10.2 Å². The van der Waals surface area contributed by atoms with Crippen LogP contribution in [0.3, 0.4) is 0 Å². The minimum Gasteiger partial charge on any atom is -0.328 e. The third kappa shape index (κ3) is 20.6. The Kier molecular flexibility index (Phi) is 23.6. The molecule has 73 heavy (non-hydrogen) atoms. The van der Waals surface area contributed by atoms with E-state index in [9.17, 15) is 18.0 Å². The van der Waals surface area contributed by atoms with Crippen molar-refractivity contribution in [2.24, 2.45) is 10.9 Å². The number of likely N-dealkylation sites (tertiary alicyclic amines) is 2. The molecule has 9 rings (SSSR count). The molecule has 0 aliphatic carbocycles. The van der Waals surface area contributed by atoms with Crippen LogP contribution in [0.4, 0.5) is 21.0 Å². The van der Waals surface area contributed by atoms with Crippen LogP contribution < -0.4 is 32.1 Å². The van der Waals surface area contributed by atoms with E-state index < -0.39 is 10.2 Å². The van der Waals surface area contributed by atoms with Crippen molar-refractivity contribution < 1.29 is 18.0 Å². The Labute approximate surface area is 435 Å². The first-order valence-corrected chi connectivity index (χ1v) is 27.6. The molecule has 0 spiro atoms. The highest BCUT2D eigenvalue weighted by Crippen LogP contribution is 2.23. The Morgan fingerprint density at radius 3 is 1.30 bits per heavy atom. The third-order valence-corrected chi connectivity index (χ3v) is 14.9.